The lowest BCUT2D eigenvalue weighted by molar-refractivity contribution is -0.137. The number of para-hydroxylation sites is 1. The van der Waals surface area contributed by atoms with Crippen molar-refractivity contribution in [2.24, 2.45) is 4.99 Å². The fraction of sp³-hybridized carbons (Fsp3) is 0.100. The molecule has 4 rings (SSSR count). The zero-order chi connectivity index (χ0) is 22.2. The minimum atomic E-state index is -4.56. The number of fused-ring (bicyclic) bond motifs is 1. The van der Waals surface area contributed by atoms with Crippen LogP contribution in [0, 0.1) is 5.82 Å². The number of amidine groups is 1. The highest BCUT2D eigenvalue weighted by molar-refractivity contribution is 6.33. The van der Waals surface area contributed by atoms with Gasteiger partial charge in [0.25, 0.3) is 5.91 Å². The summed E-state index contributed by atoms with van der Waals surface area (Å²) in [5.41, 5.74) is 0.255. The van der Waals surface area contributed by atoms with Gasteiger partial charge in [0.2, 0.25) is 0 Å². The third-order valence-electron chi connectivity index (χ3n) is 4.37. The van der Waals surface area contributed by atoms with E-state index in [1.54, 1.807) is 0 Å². The maximum Gasteiger partial charge on any atom is 0.416 e. The van der Waals surface area contributed by atoms with Crippen LogP contribution in [-0.4, -0.2) is 21.7 Å². The van der Waals surface area contributed by atoms with Crippen molar-refractivity contribution in [3.63, 3.8) is 0 Å². The lowest BCUT2D eigenvalue weighted by Crippen LogP contribution is -2.16. The van der Waals surface area contributed by atoms with Crippen LogP contribution in [-0.2, 0) is 12.6 Å². The third-order valence-corrected chi connectivity index (χ3v) is 4.68. The summed E-state index contributed by atoms with van der Waals surface area (Å²) in [6.07, 6.45) is -1.97. The first-order valence-electron chi connectivity index (χ1n) is 8.83. The molecule has 0 bridgehead atoms. The van der Waals surface area contributed by atoms with E-state index in [1.807, 2.05) is 0 Å². The second kappa shape index (κ2) is 7.95. The lowest BCUT2D eigenvalue weighted by atomic mass is 10.1. The molecule has 1 aliphatic heterocycles. The lowest BCUT2D eigenvalue weighted by Gasteiger charge is -2.09. The molecule has 0 unspecified atom stereocenters. The number of benzene rings is 1. The molecule has 31 heavy (non-hydrogen) atoms. The first kappa shape index (κ1) is 20.7. The summed E-state index contributed by atoms with van der Waals surface area (Å²) in [5.74, 6) is -1.15. The molecule has 0 aliphatic carbocycles. The van der Waals surface area contributed by atoms with Crippen molar-refractivity contribution >= 4 is 40.5 Å². The first-order valence-corrected chi connectivity index (χ1v) is 9.20. The first-order chi connectivity index (χ1) is 14.7. The van der Waals surface area contributed by atoms with Gasteiger partial charge in [-0.25, -0.2) is 19.4 Å². The van der Waals surface area contributed by atoms with E-state index in [0.29, 0.717) is 17.1 Å². The molecule has 1 aromatic carbocycles. The number of aliphatic imine (C=N–C) groups is 1. The van der Waals surface area contributed by atoms with E-state index in [2.05, 4.69) is 25.6 Å². The van der Waals surface area contributed by atoms with Crippen LogP contribution in [0.2, 0.25) is 5.02 Å². The molecule has 2 N–H and O–H groups in total. The fourth-order valence-corrected chi connectivity index (χ4v) is 3.12. The van der Waals surface area contributed by atoms with Crippen LogP contribution in [0.4, 0.5) is 34.8 Å². The van der Waals surface area contributed by atoms with E-state index < -0.39 is 23.5 Å². The molecule has 0 saturated heterocycles. The Kier molecular flexibility index (Phi) is 5.32. The zero-order valence-corrected chi connectivity index (χ0v) is 16.2. The molecule has 0 saturated carbocycles. The highest BCUT2D eigenvalue weighted by Crippen LogP contribution is 2.31. The second-order valence-corrected chi connectivity index (χ2v) is 6.95. The fourth-order valence-electron chi connectivity index (χ4n) is 2.91. The molecule has 0 fully saturated rings. The average Bonchev–Trinajstić information content (AvgIpc) is 3.12. The normalized spacial score (nSPS) is 14.3. The van der Waals surface area contributed by atoms with Gasteiger partial charge in [-0.1, -0.05) is 17.7 Å². The van der Waals surface area contributed by atoms with E-state index in [4.69, 9.17) is 11.6 Å². The minimum absolute atomic E-state index is 0.0129. The van der Waals surface area contributed by atoms with Gasteiger partial charge in [0.05, 0.1) is 22.5 Å². The number of aromatic nitrogens is 2. The summed E-state index contributed by atoms with van der Waals surface area (Å²) >= 11 is 5.99. The van der Waals surface area contributed by atoms with E-state index in [0.717, 1.165) is 18.3 Å². The number of amides is 1. The maximum atomic E-state index is 14.0. The number of hydrogen-bond donors (Lipinski definition) is 2. The van der Waals surface area contributed by atoms with Gasteiger partial charge in [-0.05, 0) is 35.9 Å². The number of rotatable bonds is 3. The van der Waals surface area contributed by atoms with Crippen LogP contribution >= 0.6 is 11.6 Å². The van der Waals surface area contributed by atoms with E-state index in [9.17, 15) is 22.4 Å². The number of anilines is 2. The van der Waals surface area contributed by atoms with Gasteiger partial charge < -0.3 is 10.6 Å². The molecule has 0 radical (unpaired) electrons. The molecule has 1 amide bonds. The molecule has 3 heterocycles. The molecule has 2 aromatic heterocycles. The Morgan fingerprint density at radius 2 is 2.00 bits per heavy atom. The van der Waals surface area contributed by atoms with Crippen LogP contribution in [0.3, 0.4) is 0 Å². The SMILES string of the molecule is O=C(Nc1cc(C(F)(F)F)ccn1)c1cc2c(cn1)NC(=Nc1c(F)cccc1Cl)C2. The molecular formula is C20H12ClF4N5O. The molecular weight excluding hydrogens is 438 g/mol. The molecule has 1 aliphatic rings. The topological polar surface area (TPSA) is 79.3 Å². The largest absolute Gasteiger partial charge is 0.416 e. The average molecular weight is 450 g/mol. The number of carbonyl (C=O) groups excluding carboxylic acids is 1. The number of halogens is 5. The summed E-state index contributed by atoms with van der Waals surface area (Å²) in [5, 5.41) is 5.42. The van der Waals surface area contributed by atoms with Crippen molar-refractivity contribution in [2.75, 3.05) is 10.6 Å². The molecule has 11 heteroatoms. The summed E-state index contributed by atoms with van der Waals surface area (Å²) in [4.78, 5) is 24.4. The molecule has 3 aromatic rings. The van der Waals surface area contributed by atoms with Gasteiger partial charge in [-0.2, -0.15) is 13.2 Å². The Labute approximate surface area is 178 Å². The summed E-state index contributed by atoms with van der Waals surface area (Å²) in [6.45, 7) is 0. The van der Waals surface area contributed by atoms with Gasteiger partial charge >= 0.3 is 6.18 Å². The van der Waals surface area contributed by atoms with Crippen molar-refractivity contribution in [2.45, 2.75) is 12.6 Å². The van der Waals surface area contributed by atoms with Gasteiger partial charge in [0.15, 0.2) is 0 Å². The van der Waals surface area contributed by atoms with Crippen LogP contribution in [0.5, 0.6) is 0 Å². The Bertz CT molecular complexity index is 1190. The van der Waals surface area contributed by atoms with Gasteiger partial charge in [-0.15, -0.1) is 0 Å². The van der Waals surface area contributed by atoms with Crippen molar-refractivity contribution in [1.29, 1.82) is 0 Å². The van der Waals surface area contributed by atoms with Crippen molar-refractivity contribution in [3.05, 3.63) is 76.5 Å². The highest BCUT2D eigenvalue weighted by atomic mass is 35.5. The van der Waals surface area contributed by atoms with Gasteiger partial charge in [0.1, 0.15) is 28.9 Å². The predicted octanol–water partition coefficient (Wildman–Crippen LogP) is 5.24. The number of pyridine rings is 2. The second-order valence-electron chi connectivity index (χ2n) is 6.54. The third kappa shape index (κ3) is 4.48. The smallest absolute Gasteiger partial charge is 0.342 e. The van der Waals surface area contributed by atoms with Gasteiger partial charge in [0, 0.05) is 12.6 Å². The van der Waals surface area contributed by atoms with Crippen molar-refractivity contribution in [3.8, 4) is 0 Å². The quantitative estimate of drug-likeness (QED) is 0.536. The predicted molar refractivity (Wildman–Crippen MR) is 107 cm³/mol. The van der Waals surface area contributed by atoms with Gasteiger partial charge in [-0.3, -0.25) is 4.79 Å². The number of nitrogens with one attached hydrogen (secondary N) is 2. The van der Waals surface area contributed by atoms with Crippen LogP contribution in [0.15, 0.2) is 53.8 Å². The standard InChI is InChI=1S/C20H12ClF4N5O/c21-12-2-1-3-13(22)18(12)29-17-7-10-6-14(27-9-15(10)28-17)19(31)30-16-8-11(4-5-26-16)20(23,24)25/h1-6,8-9H,7H2,(H,28,29)(H,26,30,31). The van der Waals surface area contributed by atoms with E-state index >= 15 is 0 Å². The highest BCUT2D eigenvalue weighted by Gasteiger charge is 2.31. The van der Waals surface area contributed by atoms with Crippen LogP contribution in [0.25, 0.3) is 0 Å². The number of hydrogen-bond acceptors (Lipinski definition) is 4. The number of carbonyl (C=O) groups is 1. The monoisotopic (exact) mass is 449 g/mol. The Morgan fingerprint density at radius 3 is 2.74 bits per heavy atom. The maximum absolute atomic E-state index is 14.0. The summed E-state index contributed by atoms with van der Waals surface area (Å²) < 4.78 is 52.4. The van der Waals surface area contributed by atoms with Crippen molar-refractivity contribution < 1.29 is 22.4 Å². The molecule has 6 nitrogen and oxygen atoms in total. The Balaban J connectivity index is 1.53. The number of nitrogens with zero attached hydrogens (tertiary/aromatic N) is 3. The molecule has 0 spiro atoms. The number of alkyl halides is 3. The zero-order valence-electron chi connectivity index (χ0n) is 15.5. The van der Waals surface area contributed by atoms with Crippen molar-refractivity contribution in [1.82, 2.24) is 9.97 Å². The van der Waals surface area contributed by atoms with E-state index in [1.165, 1.54) is 30.5 Å². The Hall–Kier alpha value is -3.53. The molecule has 0 atom stereocenters. The summed E-state index contributed by atoms with van der Waals surface area (Å²) in [7, 11) is 0. The summed E-state index contributed by atoms with van der Waals surface area (Å²) in [6, 6.07) is 7.22. The van der Waals surface area contributed by atoms with Crippen LogP contribution in [0.1, 0.15) is 21.6 Å². The van der Waals surface area contributed by atoms with E-state index in [-0.39, 0.29) is 28.6 Å². The minimum Gasteiger partial charge on any atom is -0.342 e. The Morgan fingerprint density at radius 1 is 1.19 bits per heavy atom. The van der Waals surface area contributed by atoms with Crippen LogP contribution < -0.4 is 10.6 Å². The molecule has 158 valence electrons.